The van der Waals surface area contributed by atoms with Gasteiger partial charge >= 0.3 is 0 Å². The fraction of sp³-hybridized carbons (Fsp3) is 0.286. The van der Waals surface area contributed by atoms with Crippen molar-refractivity contribution < 1.29 is 4.74 Å². The molecule has 0 aliphatic heterocycles. The Morgan fingerprint density at radius 1 is 0.767 bits per heavy atom. The van der Waals surface area contributed by atoms with Crippen molar-refractivity contribution in [2.24, 2.45) is 0 Å². The van der Waals surface area contributed by atoms with Crippen LogP contribution in [0.1, 0.15) is 42.0 Å². The van der Waals surface area contributed by atoms with E-state index in [1.165, 1.54) is 33.4 Å². The van der Waals surface area contributed by atoms with Crippen LogP contribution in [0.15, 0.2) is 78.9 Å². The van der Waals surface area contributed by atoms with E-state index in [-0.39, 0.29) is 0 Å². The molecule has 0 amide bonds. The maximum absolute atomic E-state index is 5.91. The van der Waals surface area contributed by atoms with Crippen molar-refractivity contribution in [2.45, 2.75) is 26.7 Å². The van der Waals surface area contributed by atoms with Gasteiger partial charge in [0.2, 0.25) is 0 Å². The average Bonchev–Trinajstić information content (AvgIpc) is 2.76. The van der Waals surface area contributed by atoms with Crippen molar-refractivity contribution in [1.29, 1.82) is 0 Å². The van der Waals surface area contributed by atoms with Gasteiger partial charge in [0, 0.05) is 6.54 Å². The van der Waals surface area contributed by atoms with Crippen LogP contribution in [0, 0.1) is 6.92 Å². The van der Waals surface area contributed by atoms with Crippen molar-refractivity contribution in [1.82, 2.24) is 4.90 Å². The van der Waals surface area contributed by atoms with E-state index >= 15 is 0 Å². The van der Waals surface area contributed by atoms with Crippen LogP contribution >= 0.6 is 0 Å². The van der Waals surface area contributed by atoms with Crippen molar-refractivity contribution in [3.63, 3.8) is 0 Å². The van der Waals surface area contributed by atoms with Gasteiger partial charge < -0.3 is 9.64 Å². The van der Waals surface area contributed by atoms with Gasteiger partial charge in [0.25, 0.3) is 0 Å². The quantitative estimate of drug-likeness (QED) is 0.371. The number of allylic oxidation sites excluding steroid dienone is 1. The number of benzene rings is 3. The maximum atomic E-state index is 5.91. The molecule has 0 saturated carbocycles. The smallest absolute Gasteiger partial charge is 0.119 e. The van der Waals surface area contributed by atoms with Gasteiger partial charge in [-0.2, -0.15) is 0 Å². The van der Waals surface area contributed by atoms with E-state index < -0.39 is 0 Å². The fourth-order valence-electron chi connectivity index (χ4n) is 3.60. The molecule has 0 heterocycles. The standard InChI is InChI=1S/C28H33NO/c1-5-9-27(23-10-7-6-8-11-23)28(24-14-12-22(2)13-15-24)25-16-18-26(19-17-25)30-21-20-29(3)4/h6-8,10-19H,5,9,20-21H2,1-4H3/b28-27-. The first-order chi connectivity index (χ1) is 14.6. The van der Waals surface area contributed by atoms with E-state index in [9.17, 15) is 0 Å². The summed E-state index contributed by atoms with van der Waals surface area (Å²) in [6.45, 7) is 5.98. The zero-order valence-electron chi connectivity index (χ0n) is 18.7. The van der Waals surface area contributed by atoms with Gasteiger partial charge in [0.15, 0.2) is 0 Å². The van der Waals surface area contributed by atoms with E-state index in [1.54, 1.807) is 0 Å². The monoisotopic (exact) mass is 399 g/mol. The van der Waals surface area contributed by atoms with Crippen molar-refractivity contribution in [3.05, 3.63) is 101 Å². The molecule has 0 radical (unpaired) electrons. The second-order valence-electron chi connectivity index (χ2n) is 8.01. The van der Waals surface area contributed by atoms with Crippen LogP contribution in [0.5, 0.6) is 5.75 Å². The second-order valence-corrected chi connectivity index (χ2v) is 8.01. The number of hydrogen-bond acceptors (Lipinski definition) is 2. The molecule has 0 fully saturated rings. The highest BCUT2D eigenvalue weighted by atomic mass is 16.5. The number of rotatable bonds is 9. The van der Waals surface area contributed by atoms with Crippen LogP contribution < -0.4 is 4.74 Å². The Morgan fingerprint density at radius 3 is 1.93 bits per heavy atom. The number of nitrogens with zero attached hydrogens (tertiary/aromatic N) is 1. The predicted molar refractivity (Wildman–Crippen MR) is 129 cm³/mol. The molecule has 0 spiro atoms. The van der Waals surface area contributed by atoms with Gasteiger partial charge in [-0.05, 0) is 67.4 Å². The molecule has 30 heavy (non-hydrogen) atoms. The van der Waals surface area contributed by atoms with Gasteiger partial charge in [-0.1, -0.05) is 85.6 Å². The first kappa shape index (κ1) is 21.9. The molecular formula is C28H33NO. The summed E-state index contributed by atoms with van der Waals surface area (Å²) >= 11 is 0. The number of aryl methyl sites for hydroxylation is 1. The zero-order valence-corrected chi connectivity index (χ0v) is 18.7. The largest absolute Gasteiger partial charge is 0.492 e. The van der Waals surface area contributed by atoms with Gasteiger partial charge in [0.05, 0.1) is 0 Å². The minimum Gasteiger partial charge on any atom is -0.492 e. The van der Waals surface area contributed by atoms with Crippen LogP contribution in [0.2, 0.25) is 0 Å². The lowest BCUT2D eigenvalue weighted by Crippen LogP contribution is -2.19. The highest BCUT2D eigenvalue weighted by Crippen LogP contribution is 2.35. The summed E-state index contributed by atoms with van der Waals surface area (Å²) in [6, 6.07) is 28.2. The third-order valence-electron chi connectivity index (χ3n) is 5.21. The summed E-state index contributed by atoms with van der Waals surface area (Å²) < 4.78 is 5.91. The number of likely N-dealkylation sites (N-methyl/N-ethyl adjacent to an activating group) is 1. The highest BCUT2D eigenvalue weighted by molar-refractivity contribution is 5.98. The molecule has 3 aromatic rings. The van der Waals surface area contributed by atoms with E-state index in [4.69, 9.17) is 4.74 Å². The molecule has 0 unspecified atom stereocenters. The van der Waals surface area contributed by atoms with Crippen molar-refractivity contribution in [3.8, 4) is 5.75 Å². The zero-order chi connectivity index (χ0) is 21.3. The molecule has 0 aliphatic rings. The molecular weight excluding hydrogens is 366 g/mol. The minimum atomic E-state index is 0.693. The number of ether oxygens (including phenoxy) is 1. The molecule has 0 bridgehead atoms. The molecule has 0 saturated heterocycles. The number of hydrogen-bond donors (Lipinski definition) is 0. The van der Waals surface area contributed by atoms with Crippen LogP contribution in [0.4, 0.5) is 0 Å². The topological polar surface area (TPSA) is 12.5 Å². The molecule has 156 valence electrons. The summed E-state index contributed by atoms with van der Waals surface area (Å²) in [7, 11) is 4.12. The first-order valence-corrected chi connectivity index (χ1v) is 10.8. The fourth-order valence-corrected chi connectivity index (χ4v) is 3.60. The van der Waals surface area contributed by atoms with Gasteiger partial charge in [-0.15, -0.1) is 0 Å². The maximum Gasteiger partial charge on any atom is 0.119 e. The highest BCUT2D eigenvalue weighted by Gasteiger charge is 2.14. The summed E-state index contributed by atoms with van der Waals surface area (Å²) in [6.07, 6.45) is 2.14. The van der Waals surface area contributed by atoms with E-state index in [1.807, 2.05) is 0 Å². The molecule has 0 atom stereocenters. The second kappa shape index (κ2) is 10.8. The molecule has 0 aromatic heterocycles. The van der Waals surface area contributed by atoms with Crippen LogP contribution in [0.25, 0.3) is 11.1 Å². The molecule has 0 N–H and O–H groups in total. The van der Waals surface area contributed by atoms with Crippen LogP contribution in [-0.4, -0.2) is 32.1 Å². The predicted octanol–water partition coefficient (Wildman–Crippen LogP) is 6.69. The van der Waals surface area contributed by atoms with Crippen molar-refractivity contribution in [2.75, 3.05) is 27.2 Å². The minimum absolute atomic E-state index is 0.693. The third kappa shape index (κ3) is 5.84. The van der Waals surface area contributed by atoms with Crippen LogP contribution in [-0.2, 0) is 0 Å². The third-order valence-corrected chi connectivity index (χ3v) is 5.21. The summed E-state index contributed by atoms with van der Waals surface area (Å²) in [5.74, 6) is 0.917. The Hall–Kier alpha value is -2.84. The van der Waals surface area contributed by atoms with Crippen LogP contribution in [0.3, 0.4) is 0 Å². The van der Waals surface area contributed by atoms with E-state index in [0.29, 0.717) is 6.61 Å². The Balaban J connectivity index is 2.04. The van der Waals surface area contributed by atoms with Gasteiger partial charge in [-0.25, -0.2) is 0 Å². The Bertz CT molecular complexity index is 938. The van der Waals surface area contributed by atoms with Gasteiger partial charge in [-0.3, -0.25) is 0 Å². The molecule has 2 nitrogen and oxygen atoms in total. The molecule has 2 heteroatoms. The Labute approximate surface area is 181 Å². The Kier molecular flexibility index (Phi) is 7.87. The van der Waals surface area contributed by atoms with E-state index in [2.05, 4.69) is 112 Å². The average molecular weight is 400 g/mol. The van der Waals surface area contributed by atoms with Gasteiger partial charge in [0.1, 0.15) is 12.4 Å². The molecule has 0 aliphatic carbocycles. The SMILES string of the molecule is CCC/C(=C(\c1ccc(C)cc1)c1ccc(OCCN(C)C)cc1)c1ccccc1. The lowest BCUT2D eigenvalue weighted by Gasteiger charge is -2.18. The first-order valence-electron chi connectivity index (χ1n) is 10.8. The molecule has 3 rings (SSSR count). The lowest BCUT2D eigenvalue weighted by molar-refractivity contribution is 0.261. The normalized spacial score (nSPS) is 12.0. The summed E-state index contributed by atoms with van der Waals surface area (Å²) in [5.41, 5.74) is 7.76. The Morgan fingerprint density at radius 2 is 1.37 bits per heavy atom. The van der Waals surface area contributed by atoms with E-state index in [0.717, 1.165) is 25.1 Å². The summed E-state index contributed by atoms with van der Waals surface area (Å²) in [4.78, 5) is 2.13. The lowest BCUT2D eigenvalue weighted by atomic mass is 9.87. The summed E-state index contributed by atoms with van der Waals surface area (Å²) in [5, 5.41) is 0. The molecule has 3 aromatic carbocycles. The van der Waals surface area contributed by atoms with Crippen molar-refractivity contribution >= 4 is 11.1 Å².